The third kappa shape index (κ3) is 6.07. The Hall–Kier alpha value is -2.93. The maximum absolute atomic E-state index is 12.2. The first-order valence-corrected chi connectivity index (χ1v) is 8.75. The van der Waals surface area contributed by atoms with Crippen LogP contribution in [0.2, 0.25) is 0 Å². The van der Waals surface area contributed by atoms with Crippen molar-refractivity contribution >= 4 is 23.3 Å². The number of carbonyl (C=O) groups is 2. The second-order valence-electron chi connectivity index (χ2n) is 6.36. The van der Waals surface area contributed by atoms with Gasteiger partial charge in [-0.1, -0.05) is 17.7 Å². The number of rotatable bonds is 8. The van der Waals surface area contributed by atoms with Gasteiger partial charge in [0.25, 0.3) is 5.91 Å². The second-order valence-corrected chi connectivity index (χ2v) is 6.36. The molecule has 0 aliphatic rings. The van der Waals surface area contributed by atoms with Crippen LogP contribution in [0.4, 0.5) is 11.5 Å². The number of benzene rings is 1. The molecule has 0 radical (unpaired) electrons. The molecule has 0 bridgehead atoms. The van der Waals surface area contributed by atoms with Crippen molar-refractivity contribution < 1.29 is 14.3 Å². The molecule has 7 heteroatoms. The first-order chi connectivity index (χ1) is 12.9. The molecule has 0 unspecified atom stereocenters. The Morgan fingerprint density at radius 3 is 2.41 bits per heavy atom. The van der Waals surface area contributed by atoms with Gasteiger partial charge < -0.3 is 20.7 Å². The molecule has 0 aliphatic heterocycles. The number of anilines is 2. The lowest BCUT2D eigenvalue weighted by molar-refractivity contribution is -0.114. The van der Waals surface area contributed by atoms with Crippen LogP contribution in [0.1, 0.15) is 27.0 Å². The average molecular weight is 370 g/mol. The standard InChI is InChI=1S/C20H26N4O3/c1-13-9-14(2)19(15(3)10-13)24-18(25)12-23-17-6-5-16(11-22-17)20(26)21-7-8-27-4/h5-6,9-11H,7-8,12H2,1-4H3,(H,21,26)(H,22,23)(H,24,25). The van der Waals surface area contributed by atoms with Crippen LogP contribution in [0.3, 0.4) is 0 Å². The molecule has 2 amide bonds. The molecule has 27 heavy (non-hydrogen) atoms. The zero-order chi connectivity index (χ0) is 19.8. The third-order valence-electron chi connectivity index (χ3n) is 3.99. The Balaban J connectivity index is 1.87. The highest BCUT2D eigenvalue weighted by molar-refractivity contribution is 5.95. The minimum atomic E-state index is -0.214. The fraction of sp³-hybridized carbons (Fsp3) is 0.350. The van der Waals surface area contributed by atoms with E-state index in [-0.39, 0.29) is 18.4 Å². The van der Waals surface area contributed by atoms with E-state index < -0.39 is 0 Å². The van der Waals surface area contributed by atoms with Crippen LogP contribution in [-0.4, -0.2) is 43.6 Å². The lowest BCUT2D eigenvalue weighted by atomic mass is 10.1. The van der Waals surface area contributed by atoms with E-state index in [2.05, 4.69) is 20.9 Å². The van der Waals surface area contributed by atoms with Gasteiger partial charge in [0.05, 0.1) is 18.7 Å². The molecule has 1 aromatic heterocycles. The lowest BCUT2D eigenvalue weighted by Crippen LogP contribution is -2.27. The Labute approximate surface area is 159 Å². The van der Waals surface area contributed by atoms with Crippen LogP contribution < -0.4 is 16.0 Å². The summed E-state index contributed by atoms with van der Waals surface area (Å²) in [6, 6.07) is 7.40. The predicted octanol–water partition coefficient (Wildman–Crippen LogP) is 2.43. The summed E-state index contributed by atoms with van der Waals surface area (Å²) < 4.78 is 4.89. The summed E-state index contributed by atoms with van der Waals surface area (Å²) >= 11 is 0. The molecule has 1 heterocycles. The molecular weight excluding hydrogens is 344 g/mol. The summed E-state index contributed by atoms with van der Waals surface area (Å²) in [4.78, 5) is 28.3. The number of nitrogens with zero attached hydrogens (tertiary/aromatic N) is 1. The number of pyridine rings is 1. The van der Waals surface area contributed by atoms with Gasteiger partial charge >= 0.3 is 0 Å². The van der Waals surface area contributed by atoms with Crippen molar-refractivity contribution in [1.82, 2.24) is 10.3 Å². The molecule has 0 fully saturated rings. The van der Waals surface area contributed by atoms with Crippen molar-refractivity contribution in [2.75, 3.05) is 37.4 Å². The number of hydrogen-bond acceptors (Lipinski definition) is 5. The van der Waals surface area contributed by atoms with E-state index in [9.17, 15) is 9.59 Å². The largest absolute Gasteiger partial charge is 0.383 e. The first-order valence-electron chi connectivity index (χ1n) is 8.75. The van der Waals surface area contributed by atoms with Gasteiger partial charge in [0, 0.05) is 25.5 Å². The van der Waals surface area contributed by atoms with Crippen molar-refractivity contribution in [1.29, 1.82) is 0 Å². The van der Waals surface area contributed by atoms with Crippen LogP contribution in [-0.2, 0) is 9.53 Å². The minimum absolute atomic E-state index is 0.0825. The van der Waals surface area contributed by atoms with Crippen LogP contribution in [0.5, 0.6) is 0 Å². The van der Waals surface area contributed by atoms with Crippen molar-refractivity contribution in [2.45, 2.75) is 20.8 Å². The SMILES string of the molecule is COCCNC(=O)c1ccc(NCC(=O)Nc2c(C)cc(C)cc2C)nc1. The molecule has 0 aliphatic carbocycles. The molecule has 0 saturated heterocycles. The maximum atomic E-state index is 12.2. The quantitative estimate of drug-likeness (QED) is 0.621. The van der Waals surface area contributed by atoms with Gasteiger partial charge in [-0.25, -0.2) is 4.98 Å². The molecule has 3 N–H and O–H groups in total. The fourth-order valence-corrected chi connectivity index (χ4v) is 2.73. The highest BCUT2D eigenvalue weighted by Gasteiger charge is 2.09. The normalized spacial score (nSPS) is 10.4. The number of hydrogen-bond donors (Lipinski definition) is 3. The monoisotopic (exact) mass is 370 g/mol. The number of nitrogens with one attached hydrogen (secondary N) is 3. The van der Waals surface area contributed by atoms with Crippen LogP contribution >= 0.6 is 0 Å². The summed E-state index contributed by atoms with van der Waals surface area (Å²) in [6.07, 6.45) is 1.47. The first kappa shape index (κ1) is 20.4. The number of amides is 2. The lowest BCUT2D eigenvalue weighted by Gasteiger charge is -2.13. The summed E-state index contributed by atoms with van der Waals surface area (Å²) in [5.41, 5.74) is 4.51. The van der Waals surface area contributed by atoms with Crippen molar-refractivity contribution in [3.05, 3.63) is 52.7 Å². The Morgan fingerprint density at radius 1 is 1.11 bits per heavy atom. The van der Waals surface area contributed by atoms with Gasteiger partial charge in [0.1, 0.15) is 5.82 Å². The number of carbonyl (C=O) groups excluding carboxylic acids is 2. The topological polar surface area (TPSA) is 92.4 Å². The molecule has 0 spiro atoms. The second kappa shape index (κ2) is 9.68. The van der Waals surface area contributed by atoms with Gasteiger partial charge in [-0.2, -0.15) is 0 Å². The summed E-state index contributed by atoms with van der Waals surface area (Å²) in [6.45, 7) is 6.95. The van der Waals surface area contributed by atoms with E-state index in [1.54, 1.807) is 19.2 Å². The van der Waals surface area contributed by atoms with Crippen molar-refractivity contribution in [3.63, 3.8) is 0 Å². The van der Waals surface area contributed by atoms with Crippen LogP contribution in [0.15, 0.2) is 30.5 Å². The van der Waals surface area contributed by atoms with Gasteiger partial charge in [0.2, 0.25) is 5.91 Å². The van der Waals surface area contributed by atoms with Crippen molar-refractivity contribution in [2.24, 2.45) is 0 Å². The highest BCUT2D eigenvalue weighted by atomic mass is 16.5. The summed E-state index contributed by atoms with van der Waals surface area (Å²) in [7, 11) is 1.58. The minimum Gasteiger partial charge on any atom is -0.383 e. The molecular formula is C20H26N4O3. The molecule has 2 rings (SSSR count). The van der Waals surface area contributed by atoms with E-state index in [0.29, 0.717) is 24.5 Å². The number of methoxy groups -OCH3 is 1. The molecule has 1 aromatic carbocycles. The van der Waals surface area contributed by atoms with Crippen molar-refractivity contribution in [3.8, 4) is 0 Å². The zero-order valence-electron chi connectivity index (χ0n) is 16.2. The van der Waals surface area contributed by atoms with Crippen LogP contribution in [0.25, 0.3) is 0 Å². The molecule has 2 aromatic rings. The van der Waals surface area contributed by atoms with Gasteiger partial charge in [-0.05, 0) is 44.0 Å². The van der Waals surface area contributed by atoms with E-state index in [1.165, 1.54) is 6.20 Å². The van der Waals surface area contributed by atoms with Crippen LogP contribution in [0, 0.1) is 20.8 Å². The maximum Gasteiger partial charge on any atom is 0.252 e. The summed E-state index contributed by atoms with van der Waals surface area (Å²) in [5.74, 6) is 0.151. The van der Waals surface area contributed by atoms with E-state index in [1.807, 2.05) is 32.9 Å². The van der Waals surface area contributed by atoms with Gasteiger partial charge in [-0.3, -0.25) is 9.59 Å². The number of aromatic nitrogens is 1. The number of aryl methyl sites for hydroxylation is 3. The Morgan fingerprint density at radius 2 is 1.81 bits per heavy atom. The Kier molecular flexibility index (Phi) is 7.31. The smallest absolute Gasteiger partial charge is 0.252 e. The molecule has 0 saturated carbocycles. The van der Waals surface area contributed by atoms with E-state index in [4.69, 9.17) is 4.74 Å². The third-order valence-corrected chi connectivity index (χ3v) is 3.99. The molecule has 7 nitrogen and oxygen atoms in total. The highest BCUT2D eigenvalue weighted by Crippen LogP contribution is 2.21. The van der Waals surface area contributed by atoms with E-state index >= 15 is 0 Å². The van der Waals surface area contributed by atoms with Gasteiger partial charge in [-0.15, -0.1) is 0 Å². The van der Waals surface area contributed by atoms with Gasteiger partial charge in [0.15, 0.2) is 0 Å². The molecule has 0 atom stereocenters. The zero-order valence-corrected chi connectivity index (χ0v) is 16.2. The molecule has 144 valence electrons. The average Bonchev–Trinajstić information content (AvgIpc) is 2.63. The fourth-order valence-electron chi connectivity index (χ4n) is 2.73. The summed E-state index contributed by atoms with van der Waals surface area (Å²) in [5, 5.41) is 8.61. The predicted molar refractivity (Wildman–Crippen MR) is 106 cm³/mol. The van der Waals surface area contributed by atoms with E-state index in [0.717, 1.165) is 22.4 Å². The number of ether oxygens (including phenoxy) is 1. The Bertz CT molecular complexity index is 780.